The average molecular weight is 353 g/mol. The summed E-state index contributed by atoms with van der Waals surface area (Å²) in [6.07, 6.45) is 1.87. The number of anilines is 1. The lowest BCUT2D eigenvalue weighted by Gasteiger charge is -2.08. The Kier molecular flexibility index (Phi) is 3.31. The van der Waals surface area contributed by atoms with Crippen LogP contribution in [0.4, 0.5) is 5.82 Å². The summed E-state index contributed by atoms with van der Waals surface area (Å²) in [6, 6.07) is 9.25. The molecule has 102 valence electrons. The van der Waals surface area contributed by atoms with Crippen molar-refractivity contribution in [3.05, 3.63) is 46.0 Å². The molecule has 0 radical (unpaired) electrons. The van der Waals surface area contributed by atoms with Gasteiger partial charge in [0.2, 0.25) is 0 Å². The van der Waals surface area contributed by atoms with Crippen LogP contribution in [-0.4, -0.2) is 16.5 Å². The van der Waals surface area contributed by atoms with E-state index in [2.05, 4.69) is 20.9 Å². The van der Waals surface area contributed by atoms with Crippen molar-refractivity contribution in [1.82, 2.24) is 9.38 Å². The molecule has 2 aromatic heterocycles. The lowest BCUT2D eigenvalue weighted by Crippen LogP contribution is -1.96. The largest absolute Gasteiger partial charge is 0.496 e. The molecule has 0 atom stereocenters. The second-order valence-corrected chi connectivity index (χ2v) is 5.56. The molecule has 0 spiro atoms. The Morgan fingerprint density at radius 3 is 2.85 bits per heavy atom. The van der Waals surface area contributed by atoms with Gasteiger partial charge in [0, 0.05) is 10.7 Å². The molecule has 0 unspecified atom stereocenters. The average Bonchev–Trinajstić information content (AvgIpc) is 2.75. The van der Waals surface area contributed by atoms with Gasteiger partial charge in [-0.25, -0.2) is 4.98 Å². The Bertz CT molecular complexity index is 800. The maximum atomic E-state index is 6.28. The Morgan fingerprint density at radius 2 is 2.10 bits per heavy atom. The van der Waals surface area contributed by atoms with Crippen molar-refractivity contribution in [3.8, 4) is 17.0 Å². The molecule has 3 aromatic rings. The van der Waals surface area contributed by atoms with Crippen LogP contribution < -0.4 is 10.5 Å². The van der Waals surface area contributed by atoms with Gasteiger partial charge in [-0.3, -0.25) is 4.40 Å². The maximum Gasteiger partial charge on any atom is 0.139 e. The molecule has 2 N–H and O–H groups in total. The molecule has 0 fully saturated rings. The summed E-state index contributed by atoms with van der Waals surface area (Å²) in [5.74, 6) is 1.17. The fourth-order valence-corrected chi connectivity index (χ4v) is 2.72. The van der Waals surface area contributed by atoms with Gasteiger partial charge in [0.1, 0.15) is 22.9 Å². The van der Waals surface area contributed by atoms with Crippen LogP contribution in [-0.2, 0) is 0 Å². The highest BCUT2D eigenvalue weighted by Gasteiger charge is 2.18. The van der Waals surface area contributed by atoms with Gasteiger partial charge in [0.15, 0.2) is 0 Å². The topological polar surface area (TPSA) is 52.5 Å². The molecule has 0 amide bonds. The lowest BCUT2D eigenvalue weighted by atomic mass is 10.1. The zero-order valence-corrected chi connectivity index (χ0v) is 12.9. The Morgan fingerprint density at radius 1 is 1.30 bits per heavy atom. The van der Waals surface area contributed by atoms with Gasteiger partial charge in [-0.05, 0) is 40.2 Å². The number of imidazole rings is 1. The van der Waals surface area contributed by atoms with Crippen LogP contribution in [0.15, 0.2) is 41.0 Å². The quantitative estimate of drug-likeness (QED) is 0.758. The number of hydrogen-bond acceptors (Lipinski definition) is 3. The number of pyridine rings is 1. The van der Waals surface area contributed by atoms with Crippen LogP contribution in [0.2, 0.25) is 5.02 Å². The molecule has 20 heavy (non-hydrogen) atoms. The molecule has 4 nitrogen and oxygen atoms in total. The van der Waals surface area contributed by atoms with E-state index in [9.17, 15) is 0 Å². The Balaban J connectivity index is 2.33. The molecule has 2 heterocycles. The SMILES string of the molecule is COc1cccc(Cl)c1-c1nc2ccc(Br)cn2c1N. The van der Waals surface area contributed by atoms with Gasteiger partial charge >= 0.3 is 0 Å². The van der Waals surface area contributed by atoms with E-state index in [1.54, 1.807) is 13.2 Å². The van der Waals surface area contributed by atoms with Crippen LogP contribution in [0.25, 0.3) is 16.9 Å². The molecule has 0 aliphatic carbocycles. The number of hydrogen-bond donors (Lipinski definition) is 1. The Hall–Kier alpha value is -1.72. The van der Waals surface area contributed by atoms with Crippen molar-refractivity contribution in [3.63, 3.8) is 0 Å². The van der Waals surface area contributed by atoms with Crippen LogP contribution in [0.1, 0.15) is 0 Å². The second kappa shape index (κ2) is 5.00. The third-order valence-electron chi connectivity index (χ3n) is 3.05. The van der Waals surface area contributed by atoms with E-state index in [1.165, 1.54) is 0 Å². The zero-order chi connectivity index (χ0) is 14.3. The van der Waals surface area contributed by atoms with Crippen LogP contribution in [0, 0.1) is 0 Å². The first kappa shape index (κ1) is 13.3. The van der Waals surface area contributed by atoms with E-state index in [4.69, 9.17) is 22.1 Å². The molecule has 0 bridgehead atoms. The highest BCUT2D eigenvalue weighted by Crippen LogP contribution is 2.39. The molecule has 0 saturated heterocycles. The number of fused-ring (bicyclic) bond motifs is 1. The van der Waals surface area contributed by atoms with Crippen LogP contribution >= 0.6 is 27.5 Å². The number of rotatable bonds is 2. The lowest BCUT2D eigenvalue weighted by molar-refractivity contribution is 0.416. The first-order valence-corrected chi connectivity index (χ1v) is 7.05. The molecule has 6 heteroatoms. The fraction of sp³-hybridized carbons (Fsp3) is 0.0714. The molecule has 3 rings (SSSR count). The minimum Gasteiger partial charge on any atom is -0.496 e. The number of methoxy groups -OCH3 is 1. The van der Waals surface area contributed by atoms with Crippen LogP contribution in [0.5, 0.6) is 5.75 Å². The van der Waals surface area contributed by atoms with E-state index in [1.807, 2.05) is 34.9 Å². The van der Waals surface area contributed by atoms with E-state index < -0.39 is 0 Å². The van der Waals surface area contributed by atoms with Crippen molar-refractivity contribution in [1.29, 1.82) is 0 Å². The number of nitrogens with two attached hydrogens (primary N) is 1. The second-order valence-electron chi connectivity index (χ2n) is 4.24. The number of nitrogens with zero attached hydrogens (tertiary/aromatic N) is 2. The van der Waals surface area contributed by atoms with E-state index in [0.717, 1.165) is 10.1 Å². The number of aromatic nitrogens is 2. The molecule has 0 saturated carbocycles. The fourth-order valence-electron chi connectivity index (χ4n) is 2.13. The number of benzene rings is 1. The van der Waals surface area contributed by atoms with Gasteiger partial charge in [-0.1, -0.05) is 17.7 Å². The van der Waals surface area contributed by atoms with Crippen molar-refractivity contribution in [2.24, 2.45) is 0 Å². The number of nitrogen functional groups attached to an aromatic ring is 1. The molecular weight excluding hydrogens is 342 g/mol. The van der Waals surface area contributed by atoms with Crippen molar-refractivity contribution in [2.75, 3.05) is 12.8 Å². The van der Waals surface area contributed by atoms with Crippen molar-refractivity contribution >= 4 is 39.0 Å². The van der Waals surface area contributed by atoms with Gasteiger partial charge < -0.3 is 10.5 Å². The summed E-state index contributed by atoms with van der Waals surface area (Å²) in [5, 5.41) is 0.554. The Labute approximate surface area is 129 Å². The summed E-state index contributed by atoms with van der Waals surface area (Å²) in [6.45, 7) is 0. The molecular formula is C14H11BrClN3O. The monoisotopic (exact) mass is 351 g/mol. The summed E-state index contributed by atoms with van der Waals surface area (Å²) in [7, 11) is 1.59. The van der Waals surface area contributed by atoms with E-state index >= 15 is 0 Å². The molecule has 0 aliphatic heterocycles. The minimum atomic E-state index is 0.521. The van der Waals surface area contributed by atoms with Gasteiger partial charge in [0.25, 0.3) is 0 Å². The van der Waals surface area contributed by atoms with Gasteiger partial charge in [-0.2, -0.15) is 0 Å². The predicted molar refractivity (Wildman–Crippen MR) is 84.3 cm³/mol. The smallest absolute Gasteiger partial charge is 0.139 e. The third-order valence-corrected chi connectivity index (χ3v) is 3.84. The summed E-state index contributed by atoms with van der Waals surface area (Å²) >= 11 is 9.70. The maximum absolute atomic E-state index is 6.28. The first-order valence-electron chi connectivity index (χ1n) is 5.88. The normalized spacial score (nSPS) is 10.9. The minimum absolute atomic E-state index is 0.521. The van der Waals surface area contributed by atoms with Gasteiger partial charge in [0.05, 0.1) is 17.7 Å². The molecule has 1 aromatic carbocycles. The van der Waals surface area contributed by atoms with E-state index in [-0.39, 0.29) is 0 Å². The van der Waals surface area contributed by atoms with Crippen LogP contribution in [0.3, 0.4) is 0 Å². The predicted octanol–water partition coefficient (Wildman–Crippen LogP) is 4.01. The van der Waals surface area contributed by atoms with E-state index in [0.29, 0.717) is 27.8 Å². The standard InChI is InChI=1S/C14H11BrClN3O/c1-20-10-4-2-3-9(16)12(10)13-14(17)19-7-8(15)5-6-11(19)18-13/h2-7H,17H2,1H3. The first-order chi connectivity index (χ1) is 9.61. The van der Waals surface area contributed by atoms with Gasteiger partial charge in [-0.15, -0.1) is 0 Å². The van der Waals surface area contributed by atoms with Crippen molar-refractivity contribution < 1.29 is 4.74 Å². The summed E-state index contributed by atoms with van der Waals surface area (Å²) in [5.41, 5.74) is 8.27. The third kappa shape index (κ3) is 2.03. The number of halogens is 2. The number of ether oxygens (including phenoxy) is 1. The summed E-state index contributed by atoms with van der Waals surface area (Å²) in [4.78, 5) is 4.55. The summed E-state index contributed by atoms with van der Waals surface area (Å²) < 4.78 is 8.09. The highest BCUT2D eigenvalue weighted by atomic mass is 79.9. The van der Waals surface area contributed by atoms with Crippen molar-refractivity contribution in [2.45, 2.75) is 0 Å². The highest BCUT2D eigenvalue weighted by molar-refractivity contribution is 9.10. The molecule has 0 aliphatic rings. The zero-order valence-electron chi connectivity index (χ0n) is 10.6.